The third kappa shape index (κ3) is 8.15. The van der Waals surface area contributed by atoms with Gasteiger partial charge in [0.15, 0.2) is 0 Å². The average molecular weight is 352 g/mol. The van der Waals surface area contributed by atoms with E-state index < -0.39 is 0 Å². The van der Waals surface area contributed by atoms with Crippen LogP contribution in [0.2, 0.25) is 0 Å². The molecule has 0 fully saturated rings. The van der Waals surface area contributed by atoms with E-state index in [2.05, 4.69) is 42.9 Å². The zero-order valence-corrected chi connectivity index (χ0v) is 16.4. The average Bonchev–Trinajstić information content (AvgIpc) is 2.59. The fraction of sp³-hybridized carbons (Fsp3) is 0.684. The van der Waals surface area contributed by atoms with Crippen molar-refractivity contribution in [1.29, 1.82) is 0 Å². The molecule has 0 saturated carbocycles. The summed E-state index contributed by atoms with van der Waals surface area (Å²) in [5, 5.41) is 3.93. The van der Waals surface area contributed by atoms with Crippen molar-refractivity contribution >= 4 is 17.7 Å². The highest BCUT2D eigenvalue weighted by molar-refractivity contribution is 8.00. The van der Waals surface area contributed by atoms with Crippen LogP contribution in [0, 0.1) is 5.92 Å². The summed E-state index contributed by atoms with van der Waals surface area (Å²) in [6, 6.07) is 5.82. The van der Waals surface area contributed by atoms with Crippen LogP contribution in [0.15, 0.2) is 29.4 Å². The van der Waals surface area contributed by atoms with Gasteiger partial charge in [-0.15, -0.1) is 0 Å². The van der Waals surface area contributed by atoms with Gasteiger partial charge >= 0.3 is 0 Å². The molecule has 24 heavy (non-hydrogen) atoms. The molecule has 1 atom stereocenters. The van der Waals surface area contributed by atoms with E-state index in [1.807, 2.05) is 18.2 Å². The summed E-state index contributed by atoms with van der Waals surface area (Å²) in [7, 11) is 0. The van der Waals surface area contributed by atoms with E-state index in [1.54, 1.807) is 18.0 Å². The molecule has 4 nitrogen and oxygen atoms in total. The van der Waals surface area contributed by atoms with Crippen molar-refractivity contribution in [2.24, 2.45) is 5.92 Å². The molecular weight excluding hydrogens is 318 g/mol. The molecule has 0 radical (unpaired) electrons. The maximum atomic E-state index is 12.7. The van der Waals surface area contributed by atoms with Crippen LogP contribution in [0.1, 0.15) is 53.4 Å². The van der Waals surface area contributed by atoms with Crippen LogP contribution < -0.4 is 5.32 Å². The SMILES string of the molecule is CCCCN(CCCC)CNC(=O)C(Sc1ccccn1)C(C)C. The Bertz CT molecular complexity index is 445. The van der Waals surface area contributed by atoms with E-state index in [9.17, 15) is 4.79 Å². The highest BCUT2D eigenvalue weighted by Gasteiger charge is 2.24. The number of hydrogen-bond acceptors (Lipinski definition) is 4. The van der Waals surface area contributed by atoms with Gasteiger partial charge in [-0.25, -0.2) is 4.98 Å². The van der Waals surface area contributed by atoms with Crippen LogP contribution in [-0.4, -0.2) is 40.8 Å². The number of nitrogens with one attached hydrogen (secondary N) is 1. The topological polar surface area (TPSA) is 45.2 Å². The molecule has 1 N–H and O–H groups in total. The summed E-state index contributed by atoms with van der Waals surface area (Å²) < 4.78 is 0. The summed E-state index contributed by atoms with van der Waals surface area (Å²) in [4.78, 5) is 19.3. The standard InChI is InChI=1S/C19H33N3OS/c1-5-7-13-22(14-8-6-2)15-21-19(23)18(16(3)4)24-17-11-9-10-12-20-17/h9-12,16,18H,5-8,13-15H2,1-4H3,(H,21,23). The Morgan fingerprint density at radius 2 is 1.88 bits per heavy atom. The molecule has 0 bridgehead atoms. The Balaban J connectivity index is 2.56. The van der Waals surface area contributed by atoms with E-state index >= 15 is 0 Å². The lowest BCUT2D eigenvalue weighted by Gasteiger charge is -2.25. The number of pyridine rings is 1. The first-order chi connectivity index (χ1) is 11.6. The largest absolute Gasteiger partial charge is 0.342 e. The van der Waals surface area contributed by atoms with Crippen molar-refractivity contribution < 1.29 is 4.79 Å². The number of aromatic nitrogens is 1. The van der Waals surface area contributed by atoms with Gasteiger partial charge in [-0.2, -0.15) is 0 Å². The number of thioether (sulfide) groups is 1. The second-order valence-corrected chi connectivity index (χ2v) is 7.64. The number of hydrogen-bond donors (Lipinski definition) is 1. The van der Waals surface area contributed by atoms with Crippen molar-refractivity contribution in [2.75, 3.05) is 19.8 Å². The normalized spacial score (nSPS) is 12.6. The molecule has 1 unspecified atom stereocenters. The van der Waals surface area contributed by atoms with Gasteiger partial charge < -0.3 is 5.32 Å². The number of amides is 1. The Morgan fingerprint density at radius 1 is 1.21 bits per heavy atom. The molecule has 0 aliphatic rings. The maximum absolute atomic E-state index is 12.7. The molecule has 136 valence electrons. The zero-order valence-electron chi connectivity index (χ0n) is 15.6. The molecule has 1 heterocycles. The van der Waals surface area contributed by atoms with Crippen LogP contribution in [0.25, 0.3) is 0 Å². The molecule has 0 saturated heterocycles. The summed E-state index contributed by atoms with van der Waals surface area (Å²) in [5.41, 5.74) is 0. The van der Waals surface area contributed by atoms with E-state index in [1.165, 1.54) is 25.7 Å². The molecule has 1 amide bonds. The third-order valence-electron chi connectivity index (χ3n) is 3.88. The Labute approximate surface area is 151 Å². The smallest absolute Gasteiger partial charge is 0.234 e. The molecule has 0 aromatic carbocycles. The summed E-state index contributed by atoms with van der Waals surface area (Å²) in [6.07, 6.45) is 6.49. The quantitative estimate of drug-likeness (QED) is 0.453. The van der Waals surface area contributed by atoms with Crippen LogP contribution >= 0.6 is 11.8 Å². The molecule has 1 aromatic rings. The van der Waals surface area contributed by atoms with E-state index in [4.69, 9.17) is 0 Å². The second kappa shape index (κ2) is 12.3. The van der Waals surface area contributed by atoms with E-state index in [0.29, 0.717) is 6.67 Å². The molecule has 1 aromatic heterocycles. The predicted molar refractivity (Wildman–Crippen MR) is 103 cm³/mol. The van der Waals surface area contributed by atoms with Gasteiger partial charge in [-0.05, 0) is 44.0 Å². The van der Waals surface area contributed by atoms with Gasteiger partial charge in [0, 0.05) is 6.20 Å². The van der Waals surface area contributed by atoms with Crippen molar-refractivity contribution in [3.05, 3.63) is 24.4 Å². The number of nitrogens with zero attached hydrogens (tertiary/aromatic N) is 2. The van der Waals surface area contributed by atoms with Crippen LogP contribution in [0.4, 0.5) is 0 Å². The first kappa shape index (κ1) is 21.0. The fourth-order valence-corrected chi connectivity index (χ4v) is 3.36. The van der Waals surface area contributed by atoms with Gasteiger partial charge in [0.1, 0.15) is 0 Å². The van der Waals surface area contributed by atoms with Crippen LogP contribution in [0.5, 0.6) is 0 Å². The van der Waals surface area contributed by atoms with Crippen molar-refractivity contribution in [2.45, 2.75) is 63.7 Å². The van der Waals surface area contributed by atoms with Crippen molar-refractivity contribution in [3.63, 3.8) is 0 Å². The zero-order chi connectivity index (χ0) is 17.8. The molecule has 1 rings (SSSR count). The van der Waals surface area contributed by atoms with Gasteiger partial charge in [-0.1, -0.05) is 58.4 Å². The van der Waals surface area contributed by atoms with Crippen molar-refractivity contribution in [1.82, 2.24) is 15.2 Å². The molecule has 0 aliphatic heterocycles. The van der Waals surface area contributed by atoms with Crippen LogP contribution in [0.3, 0.4) is 0 Å². The van der Waals surface area contributed by atoms with Crippen molar-refractivity contribution in [3.8, 4) is 0 Å². The summed E-state index contributed by atoms with van der Waals surface area (Å²) in [6.45, 7) is 11.3. The Kier molecular flexibility index (Phi) is 10.8. The Hall–Kier alpha value is -1.07. The molecule has 0 aliphatic carbocycles. The highest BCUT2D eigenvalue weighted by Crippen LogP contribution is 2.26. The minimum absolute atomic E-state index is 0.110. The number of rotatable bonds is 12. The predicted octanol–water partition coefficient (Wildman–Crippen LogP) is 4.17. The number of unbranched alkanes of at least 4 members (excludes halogenated alkanes) is 2. The minimum Gasteiger partial charge on any atom is -0.342 e. The lowest BCUT2D eigenvalue weighted by Crippen LogP contribution is -2.43. The Morgan fingerprint density at radius 3 is 2.38 bits per heavy atom. The first-order valence-corrected chi connectivity index (χ1v) is 10.0. The van der Waals surface area contributed by atoms with E-state index in [0.717, 1.165) is 18.1 Å². The lowest BCUT2D eigenvalue weighted by molar-refractivity contribution is -0.121. The van der Waals surface area contributed by atoms with Gasteiger partial charge in [-0.3, -0.25) is 9.69 Å². The minimum atomic E-state index is -0.112. The fourth-order valence-electron chi connectivity index (χ4n) is 2.36. The second-order valence-electron chi connectivity index (χ2n) is 6.47. The molecular formula is C19H33N3OS. The maximum Gasteiger partial charge on any atom is 0.234 e. The molecule has 0 spiro atoms. The molecule has 5 heteroatoms. The number of carbonyl (C=O) groups is 1. The van der Waals surface area contributed by atoms with Gasteiger partial charge in [0.2, 0.25) is 5.91 Å². The lowest BCUT2D eigenvalue weighted by atomic mass is 10.1. The summed E-state index contributed by atoms with van der Waals surface area (Å²) >= 11 is 1.55. The first-order valence-electron chi connectivity index (χ1n) is 9.16. The van der Waals surface area contributed by atoms with E-state index in [-0.39, 0.29) is 17.1 Å². The third-order valence-corrected chi connectivity index (χ3v) is 5.38. The highest BCUT2D eigenvalue weighted by atomic mass is 32.2. The monoisotopic (exact) mass is 351 g/mol. The summed E-state index contributed by atoms with van der Waals surface area (Å²) in [5.74, 6) is 0.371. The van der Waals surface area contributed by atoms with Crippen LogP contribution in [-0.2, 0) is 4.79 Å². The number of carbonyl (C=O) groups excluding carboxylic acids is 1. The van der Waals surface area contributed by atoms with Gasteiger partial charge in [0.05, 0.1) is 16.9 Å². The van der Waals surface area contributed by atoms with Gasteiger partial charge in [0.25, 0.3) is 0 Å².